The number of nitrogens with one attached hydrogen (secondary N) is 1. The van der Waals surface area contributed by atoms with Crippen molar-refractivity contribution in [3.8, 4) is 0 Å². The van der Waals surface area contributed by atoms with E-state index in [4.69, 9.17) is 0 Å². The van der Waals surface area contributed by atoms with E-state index in [0.29, 0.717) is 24.6 Å². The normalized spacial score (nSPS) is 24.5. The number of carbonyl (C=O) groups excluding carboxylic acids is 3. The molecule has 6 nitrogen and oxygen atoms in total. The number of amides is 4. The van der Waals surface area contributed by atoms with Crippen molar-refractivity contribution in [2.24, 2.45) is 0 Å². The molecule has 0 aromatic heterocycles. The maximum atomic E-state index is 13.1. The van der Waals surface area contributed by atoms with E-state index in [0.717, 1.165) is 47.6 Å². The molecule has 2 heterocycles. The first-order valence-electron chi connectivity index (χ1n) is 10.2. The summed E-state index contributed by atoms with van der Waals surface area (Å²) in [6, 6.07) is 7.43. The van der Waals surface area contributed by atoms with Crippen LogP contribution >= 0.6 is 11.8 Å². The van der Waals surface area contributed by atoms with Crippen molar-refractivity contribution in [1.82, 2.24) is 10.2 Å². The van der Waals surface area contributed by atoms with Crippen LogP contribution in [-0.4, -0.2) is 46.6 Å². The maximum Gasteiger partial charge on any atom is 0.325 e. The molecule has 0 radical (unpaired) electrons. The molecule has 1 aromatic carbocycles. The fourth-order valence-corrected chi connectivity index (χ4v) is 5.57. The topological polar surface area (TPSA) is 69.7 Å². The van der Waals surface area contributed by atoms with Crippen molar-refractivity contribution in [2.45, 2.75) is 67.6 Å². The summed E-state index contributed by atoms with van der Waals surface area (Å²) in [7, 11) is 0. The molecule has 1 aromatic rings. The third-order valence-electron chi connectivity index (χ3n) is 6.04. The van der Waals surface area contributed by atoms with Gasteiger partial charge in [0.05, 0.1) is 5.69 Å². The van der Waals surface area contributed by atoms with Gasteiger partial charge >= 0.3 is 6.03 Å². The Morgan fingerprint density at radius 2 is 1.89 bits per heavy atom. The highest BCUT2D eigenvalue weighted by Gasteiger charge is 2.51. The van der Waals surface area contributed by atoms with Crippen molar-refractivity contribution >= 4 is 35.3 Å². The zero-order valence-corrected chi connectivity index (χ0v) is 17.1. The van der Waals surface area contributed by atoms with Gasteiger partial charge in [0.2, 0.25) is 5.91 Å². The Balaban J connectivity index is 1.53. The summed E-state index contributed by atoms with van der Waals surface area (Å²) >= 11 is 1.76. The van der Waals surface area contributed by atoms with Crippen molar-refractivity contribution in [1.29, 1.82) is 0 Å². The van der Waals surface area contributed by atoms with Crippen LogP contribution in [0.25, 0.3) is 0 Å². The molecule has 1 aliphatic carbocycles. The molecule has 3 aliphatic rings. The van der Waals surface area contributed by atoms with E-state index >= 15 is 0 Å². The number of urea groups is 1. The quantitative estimate of drug-likeness (QED) is 0.770. The van der Waals surface area contributed by atoms with Gasteiger partial charge in [-0.25, -0.2) is 4.79 Å². The lowest BCUT2D eigenvalue weighted by molar-refractivity contribution is -0.134. The van der Waals surface area contributed by atoms with Crippen LogP contribution < -0.4 is 10.2 Å². The predicted molar refractivity (Wildman–Crippen MR) is 109 cm³/mol. The summed E-state index contributed by atoms with van der Waals surface area (Å²) < 4.78 is 0. The Hall–Kier alpha value is -2.02. The Labute approximate surface area is 170 Å². The number of carbonyl (C=O) groups is 3. The van der Waals surface area contributed by atoms with Crippen molar-refractivity contribution in [2.75, 3.05) is 18.0 Å². The van der Waals surface area contributed by atoms with Crippen LogP contribution in [0.3, 0.4) is 0 Å². The SMILES string of the molecule is CC1CCN(C(=O)CN2C(=O)NC3(CCCCCC3)C2=O)c2ccccc2S1. The van der Waals surface area contributed by atoms with Gasteiger partial charge < -0.3 is 10.2 Å². The smallest absolute Gasteiger partial charge is 0.323 e. The largest absolute Gasteiger partial charge is 0.325 e. The lowest BCUT2D eigenvalue weighted by atomic mass is 9.90. The fraction of sp³-hybridized carbons (Fsp3) is 0.571. The average Bonchev–Trinajstić information content (AvgIpc) is 2.90. The van der Waals surface area contributed by atoms with E-state index in [2.05, 4.69) is 12.2 Å². The number of fused-ring (bicyclic) bond motifs is 1. The van der Waals surface area contributed by atoms with Crippen LogP contribution in [0.2, 0.25) is 0 Å². The summed E-state index contributed by atoms with van der Waals surface area (Å²) in [4.78, 5) is 42.8. The van der Waals surface area contributed by atoms with Gasteiger partial charge in [-0.05, 0) is 31.4 Å². The lowest BCUT2D eigenvalue weighted by Crippen LogP contribution is -2.47. The van der Waals surface area contributed by atoms with E-state index in [1.807, 2.05) is 24.3 Å². The van der Waals surface area contributed by atoms with E-state index in [9.17, 15) is 14.4 Å². The summed E-state index contributed by atoms with van der Waals surface area (Å²) in [5, 5.41) is 3.33. The van der Waals surface area contributed by atoms with E-state index in [-0.39, 0.29) is 18.4 Å². The van der Waals surface area contributed by atoms with Crippen LogP contribution in [0.15, 0.2) is 29.2 Å². The monoisotopic (exact) mass is 401 g/mol. The fourth-order valence-electron chi connectivity index (χ4n) is 4.46. The molecule has 4 rings (SSSR count). The molecule has 7 heteroatoms. The van der Waals surface area contributed by atoms with Gasteiger partial charge in [0.25, 0.3) is 5.91 Å². The summed E-state index contributed by atoms with van der Waals surface area (Å²) in [6.07, 6.45) is 6.25. The average molecular weight is 402 g/mol. The molecule has 1 unspecified atom stereocenters. The number of rotatable bonds is 2. The Kier molecular flexibility index (Phi) is 5.36. The van der Waals surface area contributed by atoms with Gasteiger partial charge in [0.1, 0.15) is 12.1 Å². The molecular formula is C21H27N3O3S. The third-order valence-corrected chi connectivity index (χ3v) is 7.28. The highest BCUT2D eigenvalue weighted by molar-refractivity contribution is 8.00. The number of hydrogen-bond acceptors (Lipinski definition) is 4. The highest BCUT2D eigenvalue weighted by Crippen LogP contribution is 2.38. The first-order valence-corrected chi connectivity index (χ1v) is 11.1. The molecular weight excluding hydrogens is 374 g/mol. The summed E-state index contributed by atoms with van der Waals surface area (Å²) in [6.45, 7) is 2.56. The molecule has 1 spiro atoms. The van der Waals surface area contributed by atoms with E-state index in [1.54, 1.807) is 16.7 Å². The molecule has 2 fully saturated rings. The minimum atomic E-state index is -0.797. The minimum Gasteiger partial charge on any atom is -0.323 e. The van der Waals surface area contributed by atoms with Gasteiger partial charge in [-0.15, -0.1) is 11.8 Å². The predicted octanol–water partition coefficient (Wildman–Crippen LogP) is 3.55. The first-order chi connectivity index (χ1) is 13.5. The summed E-state index contributed by atoms with van der Waals surface area (Å²) in [5.41, 5.74) is 0.0765. The van der Waals surface area contributed by atoms with Gasteiger partial charge in [0.15, 0.2) is 0 Å². The van der Waals surface area contributed by atoms with Crippen molar-refractivity contribution in [3.63, 3.8) is 0 Å². The molecule has 1 saturated carbocycles. The standard InChI is InChI=1S/C21H27N3O3S/c1-15-10-13-23(16-8-4-5-9-17(16)28-15)18(25)14-24-19(26)21(22-20(24)27)11-6-2-3-7-12-21/h4-5,8-9,15H,2-3,6-7,10-14H2,1H3,(H,22,27). The molecule has 28 heavy (non-hydrogen) atoms. The number of benzene rings is 1. The molecule has 0 bridgehead atoms. The number of anilines is 1. The van der Waals surface area contributed by atoms with Crippen molar-refractivity contribution < 1.29 is 14.4 Å². The minimum absolute atomic E-state index is 0.195. The van der Waals surface area contributed by atoms with Crippen LogP contribution in [0.1, 0.15) is 51.9 Å². The molecule has 1 atom stereocenters. The summed E-state index contributed by atoms with van der Waals surface area (Å²) in [5.74, 6) is -0.421. The lowest BCUT2D eigenvalue weighted by Gasteiger charge is -2.26. The Morgan fingerprint density at radius 3 is 2.64 bits per heavy atom. The van der Waals surface area contributed by atoms with Gasteiger partial charge in [-0.1, -0.05) is 44.7 Å². The Bertz CT molecular complexity index is 789. The third kappa shape index (κ3) is 3.52. The van der Waals surface area contributed by atoms with Gasteiger partial charge in [-0.2, -0.15) is 0 Å². The highest BCUT2D eigenvalue weighted by atomic mass is 32.2. The second kappa shape index (κ2) is 7.78. The first kappa shape index (κ1) is 19.3. The van der Waals surface area contributed by atoms with Crippen molar-refractivity contribution in [3.05, 3.63) is 24.3 Å². The molecule has 150 valence electrons. The number of nitrogens with zero attached hydrogens (tertiary/aromatic N) is 2. The molecule has 4 amide bonds. The van der Waals surface area contributed by atoms with Crippen LogP contribution in [-0.2, 0) is 9.59 Å². The number of hydrogen-bond donors (Lipinski definition) is 1. The maximum absolute atomic E-state index is 13.1. The van der Waals surface area contributed by atoms with Crippen LogP contribution in [0, 0.1) is 0 Å². The molecule has 2 aliphatic heterocycles. The van der Waals surface area contributed by atoms with Gasteiger partial charge in [0, 0.05) is 16.7 Å². The molecule has 1 saturated heterocycles. The van der Waals surface area contributed by atoms with Crippen LogP contribution in [0.4, 0.5) is 10.5 Å². The second-order valence-corrected chi connectivity index (χ2v) is 9.53. The number of imide groups is 1. The zero-order valence-electron chi connectivity index (χ0n) is 16.3. The number of thioether (sulfide) groups is 1. The second-order valence-electron chi connectivity index (χ2n) is 8.05. The zero-order chi connectivity index (χ0) is 19.7. The van der Waals surface area contributed by atoms with Gasteiger partial charge in [-0.3, -0.25) is 14.5 Å². The Morgan fingerprint density at radius 1 is 1.18 bits per heavy atom. The number of para-hydroxylation sites is 1. The molecule has 1 N–H and O–H groups in total. The van der Waals surface area contributed by atoms with Crippen LogP contribution in [0.5, 0.6) is 0 Å². The van der Waals surface area contributed by atoms with E-state index < -0.39 is 11.6 Å². The van der Waals surface area contributed by atoms with E-state index in [1.165, 1.54) is 0 Å².